The van der Waals surface area contributed by atoms with Crippen LogP contribution in [0.1, 0.15) is 18.4 Å². The van der Waals surface area contributed by atoms with Gasteiger partial charge in [0.1, 0.15) is 11.4 Å². The van der Waals surface area contributed by atoms with Gasteiger partial charge in [0.15, 0.2) is 0 Å². The van der Waals surface area contributed by atoms with Crippen molar-refractivity contribution in [2.45, 2.75) is 12.8 Å². The van der Waals surface area contributed by atoms with E-state index in [4.69, 9.17) is 11.6 Å². The molecule has 0 fully saturated rings. The van der Waals surface area contributed by atoms with Crippen LogP contribution in [0.25, 0.3) is 10.9 Å². The molecule has 0 N–H and O–H groups in total. The van der Waals surface area contributed by atoms with Gasteiger partial charge in [-0.05, 0) is 17.7 Å². The van der Waals surface area contributed by atoms with E-state index in [1.54, 1.807) is 0 Å². The van der Waals surface area contributed by atoms with Crippen molar-refractivity contribution in [2.75, 3.05) is 0 Å². The Labute approximate surface area is 92.9 Å². The van der Waals surface area contributed by atoms with Crippen LogP contribution < -0.4 is 0 Å². The molecule has 0 radical (unpaired) electrons. The van der Waals surface area contributed by atoms with E-state index in [9.17, 15) is 4.79 Å². The van der Waals surface area contributed by atoms with Gasteiger partial charge < -0.3 is 4.79 Å². The van der Waals surface area contributed by atoms with Crippen LogP contribution >= 0.6 is 11.6 Å². The Balaban J connectivity index is 2.66. The highest BCUT2D eigenvalue weighted by molar-refractivity contribution is 6.30. The van der Waals surface area contributed by atoms with Crippen LogP contribution in [0, 0.1) is 0 Å². The lowest BCUT2D eigenvalue weighted by atomic mass is 10.0. The van der Waals surface area contributed by atoms with Crippen molar-refractivity contribution in [3.63, 3.8) is 0 Å². The molecule has 1 unspecified atom stereocenters. The first kappa shape index (κ1) is 10.1. The number of carbonyl (C=O) groups is 1. The predicted octanol–water partition coefficient (Wildman–Crippen LogP) is 3.19. The second-order valence-electron chi connectivity index (χ2n) is 3.49. The molecule has 1 aromatic carbocycles. The Morgan fingerprint density at radius 1 is 1.40 bits per heavy atom. The van der Waals surface area contributed by atoms with E-state index in [1.807, 2.05) is 37.3 Å². The normalized spacial score (nSPS) is 12.7. The lowest BCUT2D eigenvalue weighted by Crippen LogP contribution is -1.97. The van der Waals surface area contributed by atoms with E-state index in [0.29, 0.717) is 5.15 Å². The lowest BCUT2D eigenvalue weighted by molar-refractivity contribution is -0.108. The molecule has 15 heavy (non-hydrogen) atoms. The number of aromatic nitrogens is 1. The molecule has 2 nitrogen and oxygen atoms in total. The fourth-order valence-electron chi connectivity index (χ4n) is 1.50. The zero-order valence-corrected chi connectivity index (χ0v) is 9.03. The summed E-state index contributed by atoms with van der Waals surface area (Å²) in [5.74, 6) is -0.213. The number of rotatable bonds is 2. The largest absolute Gasteiger partial charge is 0.303 e. The predicted molar refractivity (Wildman–Crippen MR) is 61.2 cm³/mol. The quantitative estimate of drug-likeness (QED) is 0.574. The van der Waals surface area contributed by atoms with E-state index in [-0.39, 0.29) is 5.92 Å². The summed E-state index contributed by atoms with van der Waals surface area (Å²) in [7, 11) is 0. The molecule has 0 bridgehead atoms. The van der Waals surface area contributed by atoms with Crippen molar-refractivity contribution >= 4 is 28.8 Å². The van der Waals surface area contributed by atoms with E-state index >= 15 is 0 Å². The van der Waals surface area contributed by atoms with Gasteiger partial charge in [-0.25, -0.2) is 4.98 Å². The van der Waals surface area contributed by atoms with E-state index in [2.05, 4.69) is 4.98 Å². The molecule has 0 aliphatic carbocycles. The molecule has 0 saturated carbocycles. The molecule has 1 aromatic heterocycles. The monoisotopic (exact) mass is 219 g/mol. The average molecular weight is 220 g/mol. The van der Waals surface area contributed by atoms with Gasteiger partial charge in [-0.3, -0.25) is 0 Å². The molecule has 0 amide bonds. The summed E-state index contributed by atoms with van der Waals surface area (Å²) in [6.45, 7) is 1.81. The van der Waals surface area contributed by atoms with Gasteiger partial charge in [0.25, 0.3) is 0 Å². The van der Waals surface area contributed by atoms with Crippen molar-refractivity contribution in [1.29, 1.82) is 0 Å². The van der Waals surface area contributed by atoms with Gasteiger partial charge in [0.2, 0.25) is 0 Å². The average Bonchev–Trinajstić information content (AvgIpc) is 2.27. The number of nitrogens with zero attached hydrogens (tertiary/aromatic N) is 1. The first-order valence-corrected chi connectivity index (χ1v) is 5.10. The van der Waals surface area contributed by atoms with Crippen molar-refractivity contribution in [1.82, 2.24) is 4.98 Å². The molecule has 1 atom stereocenters. The Morgan fingerprint density at radius 2 is 2.13 bits per heavy atom. The fourth-order valence-corrected chi connectivity index (χ4v) is 1.82. The van der Waals surface area contributed by atoms with Crippen LogP contribution in [-0.4, -0.2) is 11.3 Å². The molecule has 0 aliphatic rings. The minimum atomic E-state index is -0.213. The Morgan fingerprint density at radius 3 is 2.87 bits per heavy atom. The van der Waals surface area contributed by atoms with Crippen LogP contribution in [0.3, 0.4) is 0 Å². The van der Waals surface area contributed by atoms with Gasteiger partial charge in [-0.2, -0.15) is 0 Å². The van der Waals surface area contributed by atoms with Gasteiger partial charge in [0, 0.05) is 11.3 Å². The molecule has 0 spiro atoms. The summed E-state index contributed by atoms with van der Waals surface area (Å²) < 4.78 is 0. The minimum absolute atomic E-state index is 0.213. The third-order valence-electron chi connectivity index (χ3n) is 2.40. The molecule has 2 rings (SSSR count). The zero-order chi connectivity index (χ0) is 10.8. The molecular formula is C12H10ClNO. The van der Waals surface area contributed by atoms with Crippen LogP contribution in [0.15, 0.2) is 30.3 Å². The number of aldehydes is 1. The fraction of sp³-hybridized carbons (Fsp3) is 0.167. The van der Waals surface area contributed by atoms with Crippen molar-refractivity contribution in [2.24, 2.45) is 0 Å². The molecule has 1 heterocycles. The Bertz CT molecular complexity index is 510. The van der Waals surface area contributed by atoms with Gasteiger partial charge in [0.05, 0.1) is 5.52 Å². The second kappa shape index (κ2) is 3.99. The van der Waals surface area contributed by atoms with E-state index in [1.165, 1.54) is 0 Å². The second-order valence-corrected chi connectivity index (χ2v) is 3.84. The number of carbonyl (C=O) groups excluding carboxylic acids is 1. The van der Waals surface area contributed by atoms with Crippen LogP contribution in [0.2, 0.25) is 5.15 Å². The Hall–Kier alpha value is -1.41. The summed E-state index contributed by atoms with van der Waals surface area (Å²) in [6, 6.07) is 9.63. The Kier molecular flexibility index (Phi) is 2.69. The van der Waals surface area contributed by atoms with Gasteiger partial charge >= 0.3 is 0 Å². The summed E-state index contributed by atoms with van der Waals surface area (Å²) in [5, 5.41) is 1.42. The highest BCUT2D eigenvalue weighted by atomic mass is 35.5. The number of benzene rings is 1. The highest BCUT2D eigenvalue weighted by Crippen LogP contribution is 2.25. The van der Waals surface area contributed by atoms with Crippen LogP contribution in [0.5, 0.6) is 0 Å². The van der Waals surface area contributed by atoms with Crippen molar-refractivity contribution in [3.05, 3.63) is 41.0 Å². The topological polar surface area (TPSA) is 30.0 Å². The number of hydrogen-bond acceptors (Lipinski definition) is 2. The summed E-state index contributed by atoms with van der Waals surface area (Å²) >= 11 is 6.01. The van der Waals surface area contributed by atoms with Crippen molar-refractivity contribution in [3.8, 4) is 0 Å². The molecular weight excluding hydrogens is 210 g/mol. The first-order valence-electron chi connectivity index (χ1n) is 4.73. The zero-order valence-electron chi connectivity index (χ0n) is 8.27. The van der Waals surface area contributed by atoms with Gasteiger partial charge in [-0.15, -0.1) is 0 Å². The van der Waals surface area contributed by atoms with Crippen LogP contribution in [0.4, 0.5) is 0 Å². The first-order chi connectivity index (χ1) is 7.22. The standard InChI is InChI=1S/C12H10ClNO/c1-8(7-15)10-6-9-4-2-3-5-11(9)14-12(10)13/h2-8H,1H3. The van der Waals surface area contributed by atoms with Crippen molar-refractivity contribution < 1.29 is 4.79 Å². The van der Waals surface area contributed by atoms with E-state index in [0.717, 1.165) is 22.8 Å². The minimum Gasteiger partial charge on any atom is -0.303 e. The smallest absolute Gasteiger partial charge is 0.133 e. The summed E-state index contributed by atoms with van der Waals surface area (Å²) in [5.41, 5.74) is 1.63. The maximum absolute atomic E-state index is 10.7. The number of halogens is 1. The molecule has 76 valence electrons. The SMILES string of the molecule is CC(C=O)c1cc2ccccc2nc1Cl. The number of hydrogen-bond donors (Lipinski definition) is 0. The lowest BCUT2D eigenvalue weighted by Gasteiger charge is -2.07. The molecule has 0 aliphatic heterocycles. The number of fused-ring (bicyclic) bond motifs is 1. The maximum Gasteiger partial charge on any atom is 0.133 e. The number of pyridine rings is 1. The van der Waals surface area contributed by atoms with Gasteiger partial charge in [-0.1, -0.05) is 36.7 Å². The molecule has 0 saturated heterocycles. The van der Waals surface area contributed by atoms with Crippen LogP contribution in [-0.2, 0) is 4.79 Å². The number of para-hydroxylation sites is 1. The molecule has 3 heteroatoms. The van der Waals surface area contributed by atoms with E-state index < -0.39 is 0 Å². The highest BCUT2D eigenvalue weighted by Gasteiger charge is 2.10. The third kappa shape index (κ3) is 1.85. The molecule has 2 aromatic rings. The maximum atomic E-state index is 10.7. The summed E-state index contributed by atoms with van der Waals surface area (Å²) in [4.78, 5) is 15.0. The summed E-state index contributed by atoms with van der Waals surface area (Å²) in [6.07, 6.45) is 0.873. The third-order valence-corrected chi connectivity index (χ3v) is 2.70.